The summed E-state index contributed by atoms with van der Waals surface area (Å²) >= 11 is 0. The van der Waals surface area contributed by atoms with Gasteiger partial charge in [0.05, 0.1) is 12.4 Å². The molecule has 1 aromatic heterocycles. The number of halogens is 1. The maximum absolute atomic E-state index is 12.7. The molecule has 1 aromatic carbocycles. The minimum atomic E-state index is -0.433. The molecule has 0 unspecified atom stereocenters. The molecule has 0 spiro atoms. The highest BCUT2D eigenvalue weighted by Gasteiger charge is 2.08. The first-order chi connectivity index (χ1) is 8.69. The molecule has 2 rings (SSSR count). The lowest BCUT2D eigenvalue weighted by Crippen LogP contribution is -2.15. The highest BCUT2D eigenvalue weighted by molar-refractivity contribution is 6.02. The Labute approximate surface area is 102 Å². The van der Waals surface area contributed by atoms with Gasteiger partial charge in [0, 0.05) is 5.69 Å². The van der Waals surface area contributed by atoms with Crippen LogP contribution in [0.2, 0.25) is 0 Å². The molecule has 0 atom stereocenters. The van der Waals surface area contributed by atoms with Crippen LogP contribution in [0.15, 0.2) is 36.7 Å². The Morgan fingerprint density at radius 3 is 2.44 bits per heavy atom. The van der Waals surface area contributed by atoms with Gasteiger partial charge < -0.3 is 10.7 Å². The van der Waals surface area contributed by atoms with Crippen LogP contribution in [-0.4, -0.2) is 15.9 Å². The maximum Gasteiger partial charge on any atom is 0.275 e. The number of nitrogens with one attached hydrogen (secondary N) is 2. The summed E-state index contributed by atoms with van der Waals surface area (Å²) in [6.07, 6.45) is 2.62. The summed E-state index contributed by atoms with van der Waals surface area (Å²) in [5, 5.41) is 2.56. The van der Waals surface area contributed by atoms with Crippen LogP contribution in [0.25, 0.3) is 0 Å². The van der Waals surface area contributed by atoms with Crippen molar-refractivity contribution in [2.24, 2.45) is 5.84 Å². The molecule has 92 valence electrons. The molecule has 0 fully saturated rings. The average Bonchev–Trinajstić information content (AvgIpc) is 2.41. The molecule has 0 radical (unpaired) electrons. The predicted octanol–water partition coefficient (Wildman–Crippen LogP) is 1.15. The van der Waals surface area contributed by atoms with Gasteiger partial charge in [0.25, 0.3) is 5.91 Å². The number of benzene rings is 1. The maximum atomic E-state index is 12.7. The number of nitrogens with zero attached hydrogens (tertiary/aromatic N) is 2. The Hall–Kier alpha value is -2.54. The van der Waals surface area contributed by atoms with Crippen LogP contribution >= 0.6 is 0 Å². The number of amides is 1. The normalized spacial score (nSPS) is 9.89. The van der Waals surface area contributed by atoms with Crippen LogP contribution in [0.5, 0.6) is 0 Å². The summed E-state index contributed by atoms with van der Waals surface area (Å²) in [5.41, 5.74) is 2.92. The number of nitrogens with two attached hydrogens (primary N) is 1. The number of carbonyl (C=O) groups excluding carboxylic acids is 1. The van der Waals surface area contributed by atoms with Crippen molar-refractivity contribution < 1.29 is 9.18 Å². The van der Waals surface area contributed by atoms with Crippen molar-refractivity contribution in [1.82, 2.24) is 9.97 Å². The third kappa shape index (κ3) is 2.77. The van der Waals surface area contributed by atoms with Gasteiger partial charge >= 0.3 is 0 Å². The lowest BCUT2D eigenvalue weighted by atomic mass is 10.3. The van der Waals surface area contributed by atoms with E-state index in [-0.39, 0.29) is 11.5 Å². The predicted molar refractivity (Wildman–Crippen MR) is 64.2 cm³/mol. The Morgan fingerprint density at radius 1 is 1.17 bits per heavy atom. The zero-order valence-corrected chi connectivity index (χ0v) is 9.22. The van der Waals surface area contributed by atoms with E-state index in [0.717, 1.165) is 0 Å². The molecule has 7 heteroatoms. The first-order valence-corrected chi connectivity index (χ1v) is 5.04. The van der Waals surface area contributed by atoms with E-state index in [0.29, 0.717) is 11.5 Å². The summed E-state index contributed by atoms with van der Waals surface area (Å²) < 4.78 is 12.7. The third-order valence-corrected chi connectivity index (χ3v) is 2.13. The minimum absolute atomic E-state index is 0.137. The van der Waals surface area contributed by atoms with Gasteiger partial charge in [-0.3, -0.25) is 4.79 Å². The van der Waals surface area contributed by atoms with Crippen molar-refractivity contribution >= 4 is 17.4 Å². The number of aromatic nitrogens is 2. The smallest absolute Gasteiger partial charge is 0.275 e. The van der Waals surface area contributed by atoms with Gasteiger partial charge in [-0.25, -0.2) is 20.2 Å². The molecular formula is C11H10FN5O. The number of carbonyl (C=O) groups is 1. The van der Waals surface area contributed by atoms with Crippen molar-refractivity contribution in [3.63, 3.8) is 0 Å². The van der Waals surface area contributed by atoms with Crippen LogP contribution in [0.4, 0.5) is 15.9 Å². The summed E-state index contributed by atoms with van der Waals surface area (Å²) in [6.45, 7) is 0. The van der Waals surface area contributed by atoms with Gasteiger partial charge in [0.15, 0.2) is 5.82 Å². The number of hydrogen-bond donors (Lipinski definition) is 3. The average molecular weight is 247 g/mol. The summed E-state index contributed by atoms with van der Waals surface area (Å²) in [5.74, 6) is 4.68. The molecule has 1 heterocycles. The number of rotatable bonds is 3. The molecule has 0 aliphatic rings. The fourth-order valence-corrected chi connectivity index (χ4v) is 1.25. The van der Waals surface area contributed by atoms with Gasteiger partial charge in [-0.15, -0.1) is 0 Å². The molecule has 0 aliphatic heterocycles. The second kappa shape index (κ2) is 5.19. The largest absolute Gasteiger partial charge is 0.321 e. The van der Waals surface area contributed by atoms with E-state index in [1.165, 1.54) is 36.7 Å². The molecule has 4 N–H and O–H groups in total. The van der Waals surface area contributed by atoms with Gasteiger partial charge in [-0.2, -0.15) is 0 Å². The van der Waals surface area contributed by atoms with E-state index in [9.17, 15) is 9.18 Å². The number of hydrazine groups is 1. The minimum Gasteiger partial charge on any atom is -0.321 e. The quantitative estimate of drug-likeness (QED) is 0.559. The first kappa shape index (κ1) is 11.9. The van der Waals surface area contributed by atoms with Gasteiger partial charge in [0.1, 0.15) is 11.5 Å². The van der Waals surface area contributed by atoms with Gasteiger partial charge in [0.2, 0.25) is 0 Å². The summed E-state index contributed by atoms with van der Waals surface area (Å²) in [7, 11) is 0. The van der Waals surface area contributed by atoms with Crippen molar-refractivity contribution in [1.29, 1.82) is 0 Å². The van der Waals surface area contributed by atoms with Gasteiger partial charge in [-0.1, -0.05) is 0 Å². The van der Waals surface area contributed by atoms with Crippen LogP contribution in [0.3, 0.4) is 0 Å². The Morgan fingerprint density at radius 2 is 1.89 bits per heavy atom. The first-order valence-electron chi connectivity index (χ1n) is 5.04. The summed E-state index contributed by atoms with van der Waals surface area (Å²) in [6, 6.07) is 5.42. The van der Waals surface area contributed by atoms with Crippen molar-refractivity contribution in [2.75, 3.05) is 10.7 Å². The molecule has 0 bridgehead atoms. The molecule has 0 saturated heterocycles. The third-order valence-electron chi connectivity index (χ3n) is 2.13. The van der Waals surface area contributed by atoms with Crippen LogP contribution in [-0.2, 0) is 0 Å². The zero-order chi connectivity index (χ0) is 13.0. The van der Waals surface area contributed by atoms with E-state index >= 15 is 0 Å². The number of nitrogen functional groups attached to an aromatic ring is 1. The molecule has 18 heavy (non-hydrogen) atoms. The Kier molecular flexibility index (Phi) is 3.44. The van der Waals surface area contributed by atoms with E-state index < -0.39 is 5.91 Å². The molecule has 2 aromatic rings. The molecular weight excluding hydrogens is 237 g/mol. The zero-order valence-electron chi connectivity index (χ0n) is 9.22. The lowest BCUT2D eigenvalue weighted by Gasteiger charge is -2.04. The Balaban J connectivity index is 2.09. The molecule has 1 amide bonds. The van der Waals surface area contributed by atoms with Crippen LogP contribution < -0.4 is 16.6 Å². The molecule has 6 nitrogen and oxygen atoms in total. The van der Waals surface area contributed by atoms with Crippen LogP contribution in [0, 0.1) is 5.82 Å². The van der Waals surface area contributed by atoms with E-state index in [4.69, 9.17) is 5.84 Å². The fraction of sp³-hybridized carbons (Fsp3) is 0. The second-order valence-electron chi connectivity index (χ2n) is 3.39. The highest BCUT2D eigenvalue weighted by atomic mass is 19.1. The van der Waals surface area contributed by atoms with Crippen molar-refractivity contribution in [3.05, 3.63) is 48.2 Å². The Bertz CT molecular complexity index is 540. The lowest BCUT2D eigenvalue weighted by molar-refractivity contribution is 0.102. The fourth-order valence-electron chi connectivity index (χ4n) is 1.25. The SMILES string of the molecule is NNc1cnc(C(=O)Nc2ccc(F)cc2)cn1. The monoisotopic (exact) mass is 247 g/mol. The topological polar surface area (TPSA) is 92.9 Å². The van der Waals surface area contributed by atoms with E-state index in [1.807, 2.05) is 0 Å². The number of hydrogen-bond acceptors (Lipinski definition) is 5. The molecule has 0 saturated carbocycles. The van der Waals surface area contributed by atoms with Gasteiger partial charge in [-0.05, 0) is 24.3 Å². The van der Waals surface area contributed by atoms with Crippen molar-refractivity contribution in [3.8, 4) is 0 Å². The van der Waals surface area contributed by atoms with Crippen LogP contribution in [0.1, 0.15) is 10.5 Å². The number of anilines is 2. The highest BCUT2D eigenvalue weighted by Crippen LogP contribution is 2.09. The second-order valence-corrected chi connectivity index (χ2v) is 3.39. The molecule has 0 aliphatic carbocycles. The summed E-state index contributed by atoms with van der Waals surface area (Å²) in [4.78, 5) is 19.5. The standard InChI is InChI=1S/C11H10FN5O/c12-7-1-3-8(4-2-7)16-11(18)9-5-15-10(17-13)6-14-9/h1-6H,13H2,(H,15,17)(H,16,18). The van der Waals surface area contributed by atoms with Crippen molar-refractivity contribution in [2.45, 2.75) is 0 Å². The van der Waals surface area contributed by atoms with E-state index in [1.54, 1.807) is 0 Å². The van der Waals surface area contributed by atoms with E-state index in [2.05, 4.69) is 20.7 Å².